The van der Waals surface area contributed by atoms with Crippen LogP contribution in [0, 0.1) is 11.7 Å². The Morgan fingerprint density at radius 1 is 1.03 bits per heavy atom. The number of anilines is 2. The van der Waals surface area contributed by atoms with E-state index < -0.39 is 16.2 Å². The minimum atomic E-state index is -1.24. The zero-order chi connectivity index (χ0) is 25.5. The summed E-state index contributed by atoms with van der Waals surface area (Å²) in [5.74, 6) is -1.51. The molecule has 35 heavy (non-hydrogen) atoms. The van der Waals surface area contributed by atoms with Gasteiger partial charge in [0.1, 0.15) is 15.1 Å². The molecule has 0 bridgehead atoms. The molecule has 10 heteroatoms. The number of halogens is 6. The van der Waals surface area contributed by atoms with Crippen LogP contribution in [0.1, 0.15) is 17.0 Å². The summed E-state index contributed by atoms with van der Waals surface area (Å²) in [4.78, 5) is 15.1. The number of Topliss-reactive ketones (excluding diaryl/α,β-unsaturated/α-hetero) is 1. The van der Waals surface area contributed by atoms with Gasteiger partial charge in [-0.05, 0) is 66.2 Å². The van der Waals surface area contributed by atoms with Crippen molar-refractivity contribution in [1.29, 1.82) is 0 Å². The van der Waals surface area contributed by atoms with Crippen LogP contribution >= 0.6 is 70.2 Å². The molecule has 3 nitrogen and oxygen atoms in total. The summed E-state index contributed by atoms with van der Waals surface area (Å²) in [5, 5.41) is 4.44. The summed E-state index contributed by atoms with van der Waals surface area (Å²) >= 11 is 37.1. The molecule has 0 radical (unpaired) electrons. The monoisotopic (exact) mass is 588 g/mol. The molecular formula is C25H18Cl5FN2OS. The van der Waals surface area contributed by atoms with Gasteiger partial charge in [-0.1, -0.05) is 47.0 Å². The summed E-state index contributed by atoms with van der Waals surface area (Å²) in [6.07, 6.45) is 0. The predicted octanol–water partition coefficient (Wildman–Crippen LogP) is 8.17. The summed E-state index contributed by atoms with van der Waals surface area (Å²) < 4.78 is 12.0. The molecule has 182 valence electrons. The highest BCUT2D eigenvalue weighted by Crippen LogP contribution is 2.65. The molecule has 2 atom stereocenters. The molecule has 0 aliphatic heterocycles. The van der Waals surface area contributed by atoms with Crippen molar-refractivity contribution in [2.24, 2.45) is 5.92 Å². The molecule has 0 saturated heterocycles. The van der Waals surface area contributed by atoms with Gasteiger partial charge in [-0.15, -0.1) is 23.2 Å². The van der Waals surface area contributed by atoms with Gasteiger partial charge in [0, 0.05) is 39.9 Å². The van der Waals surface area contributed by atoms with Gasteiger partial charge >= 0.3 is 0 Å². The molecule has 0 spiro atoms. The summed E-state index contributed by atoms with van der Waals surface area (Å²) in [6.45, 7) is -0.00170. The van der Waals surface area contributed by atoms with Crippen LogP contribution < -0.4 is 10.2 Å². The van der Waals surface area contributed by atoms with Gasteiger partial charge in [0.15, 0.2) is 5.78 Å². The van der Waals surface area contributed by atoms with Crippen LogP contribution in [0.5, 0.6) is 0 Å². The SMILES string of the molecule is CN(C(=S)c1cc(NCC(=O)C2C(c3cc(Cl)cc(Cl)c3)C2(Cl)Cl)ccc1Cl)c1ccc(F)cc1. The number of ketones is 1. The first-order valence-electron chi connectivity index (χ1n) is 10.4. The smallest absolute Gasteiger partial charge is 0.158 e. The van der Waals surface area contributed by atoms with E-state index in [9.17, 15) is 9.18 Å². The zero-order valence-corrected chi connectivity index (χ0v) is 22.8. The number of alkyl halides is 2. The fourth-order valence-corrected chi connectivity index (χ4v) is 5.91. The average Bonchev–Trinajstić information content (AvgIpc) is 3.39. The van der Waals surface area contributed by atoms with Crippen LogP contribution in [0.3, 0.4) is 0 Å². The molecule has 0 aromatic heterocycles. The van der Waals surface area contributed by atoms with E-state index in [4.69, 9.17) is 70.2 Å². The maximum absolute atomic E-state index is 13.3. The Morgan fingerprint density at radius 2 is 1.66 bits per heavy atom. The number of hydrogen-bond acceptors (Lipinski definition) is 3. The molecule has 1 N–H and O–H groups in total. The third-order valence-corrected chi connectivity index (χ3v) is 8.03. The predicted molar refractivity (Wildman–Crippen MR) is 149 cm³/mol. The van der Waals surface area contributed by atoms with Crippen molar-refractivity contribution in [1.82, 2.24) is 0 Å². The number of carbonyl (C=O) groups is 1. The third kappa shape index (κ3) is 5.71. The molecule has 0 heterocycles. The molecule has 0 amide bonds. The number of nitrogens with zero attached hydrogens (tertiary/aromatic N) is 1. The quantitative estimate of drug-likeness (QED) is 0.222. The van der Waals surface area contributed by atoms with Crippen molar-refractivity contribution in [3.8, 4) is 0 Å². The molecule has 1 saturated carbocycles. The van der Waals surface area contributed by atoms with Gasteiger partial charge in [-0.3, -0.25) is 4.79 Å². The molecule has 3 aromatic rings. The lowest BCUT2D eigenvalue weighted by atomic mass is 10.1. The standard InChI is InChI=1S/C25H18Cl5FN2OS/c1-33(18-5-2-16(31)3-6-18)24(35)19-11-17(4-7-20(19)28)32-12-21(34)23-22(25(23,29)30)13-8-14(26)10-15(27)9-13/h2-11,22-23,32H,12H2,1H3. The van der Waals surface area contributed by atoms with Crippen molar-refractivity contribution < 1.29 is 9.18 Å². The summed E-state index contributed by atoms with van der Waals surface area (Å²) in [6, 6.07) is 16.2. The van der Waals surface area contributed by atoms with E-state index in [-0.39, 0.29) is 18.1 Å². The Labute approximate surface area is 233 Å². The van der Waals surface area contributed by atoms with Crippen molar-refractivity contribution in [2.45, 2.75) is 10.3 Å². The highest BCUT2D eigenvalue weighted by molar-refractivity contribution is 7.81. The first-order chi connectivity index (χ1) is 16.5. The lowest BCUT2D eigenvalue weighted by Crippen LogP contribution is -2.25. The van der Waals surface area contributed by atoms with E-state index in [2.05, 4.69) is 5.32 Å². The Kier molecular flexibility index (Phi) is 7.87. The largest absolute Gasteiger partial charge is 0.378 e. The van der Waals surface area contributed by atoms with Gasteiger partial charge in [-0.2, -0.15) is 0 Å². The van der Waals surface area contributed by atoms with Crippen LogP contribution in [0.4, 0.5) is 15.8 Å². The Bertz CT molecular complexity index is 1280. The van der Waals surface area contributed by atoms with Crippen LogP contribution in [-0.2, 0) is 4.79 Å². The van der Waals surface area contributed by atoms with E-state index in [1.54, 1.807) is 60.5 Å². The maximum atomic E-state index is 13.3. The zero-order valence-electron chi connectivity index (χ0n) is 18.2. The Balaban J connectivity index is 1.46. The van der Waals surface area contributed by atoms with Crippen LogP contribution in [-0.4, -0.2) is 28.7 Å². The lowest BCUT2D eigenvalue weighted by molar-refractivity contribution is -0.118. The number of rotatable bonds is 7. The fourth-order valence-electron chi connectivity index (χ4n) is 3.96. The first kappa shape index (κ1) is 26.5. The van der Waals surface area contributed by atoms with E-state index in [0.717, 1.165) is 0 Å². The molecule has 3 aromatic carbocycles. The lowest BCUT2D eigenvalue weighted by Gasteiger charge is -2.21. The second kappa shape index (κ2) is 10.4. The molecule has 1 aliphatic carbocycles. The molecule has 1 aliphatic rings. The second-order valence-electron chi connectivity index (χ2n) is 8.19. The number of hydrogen-bond donors (Lipinski definition) is 1. The van der Waals surface area contributed by atoms with Gasteiger partial charge < -0.3 is 10.2 Å². The number of thiocarbonyl (C=S) groups is 1. The summed E-state index contributed by atoms with van der Waals surface area (Å²) in [7, 11) is 1.77. The van der Waals surface area contributed by atoms with E-state index in [0.29, 0.717) is 42.6 Å². The number of nitrogens with one attached hydrogen (secondary N) is 1. The average molecular weight is 591 g/mol. The third-order valence-electron chi connectivity index (χ3n) is 5.83. The van der Waals surface area contributed by atoms with Crippen LogP contribution in [0.15, 0.2) is 60.7 Å². The molecular weight excluding hydrogens is 573 g/mol. The summed E-state index contributed by atoms with van der Waals surface area (Å²) in [5.41, 5.74) is 2.66. The van der Waals surface area contributed by atoms with E-state index in [1.807, 2.05) is 0 Å². The maximum Gasteiger partial charge on any atom is 0.158 e. The van der Waals surface area contributed by atoms with Crippen LogP contribution in [0.2, 0.25) is 15.1 Å². The second-order valence-corrected chi connectivity index (χ2v) is 11.3. The van der Waals surface area contributed by atoms with Crippen molar-refractivity contribution in [3.05, 3.63) is 92.7 Å². The van der Waals surface area contributed by atoms with Crippen LogP contribution in [0.25, 0.3) is 0 Å². The van der Waals surface area contributed by atoms with Gasteiger partial charge in [0.05, 0.1) is 17.5 Å². The first-order valence-corrected chi connectivity index (χ1v) is 12.7. The normalized spacial score (nSPS) is 18.1. The number of benzene rings is 3. The van der Waals surface area contributed by atoms with Crippen molar-refractivity contribution in [2.75, 3.05) is 23.8 Å². The Hall–Kier alpha value is -1.60. The highest BCUT2D eigenvalue weighted by Gasteiger charge is 2.67. The highest BCUT2D eigenvalue weighted by atomic mass is 35.5. The van der Waals surface area contributed by atoms with Gasteiger partial charge in [0.25, 0.3) is 0 Å². The van der Waals surface area contributed by atoms with Crippen molar-refractivity contribution in [3.63, 3.8) is 0 Å². The van der Waals surface area contributed by atoms with E-state index >= 15 is 0 Å². The van der Waals surface area contributed by atoms with E-state index in [1.165, 1.54) is 12.1 Å². The van der Waals surface area contributed by atoms with Crippen molar-refractivity contribution >= 4 is 92.4 Å². The minimum Gasteiger partial charge on any atom is -0.378 e. The molecule has 2 unspecified atom stereocenters. The molecule has 4 rings (SSSR count). The molecule has 1 fully saturated rings. The van der Waals surface area contributed by atoms with Gasteiger partial charge in [-0.25, -0.2) is 4.39 Å². The minimum absolute atomic E-state index is 0.00170. The van der Waals surface area contributed by atoms with Gasteiger partial charge in [0.2, 0.25) is 0 Å². The number of carbonyl (C=O) groups excluding carboxylic acids is 1. The fraction of sp³-hybridized carbons (Fsp3) is 0.200. The Morgan fingerprint density at radius 3 is 2.29 bits per heavy atom. The topological polar surface area (TPSA) is 32.3 Å².